The van der Waals surface area contributed by atoms with Gasteiger partial charge in [-0.1, -0.05) is 57.2 Å². The van der Waals surface area contributed by atoms with Crippen molar-refractivity contribution in [2.24, 2.45) is 5.92 Å². The molecule has 0 atom stereocenters. The monoisotopic (exact) mass is 496 g/mol. The molecule has 1 aliphatic rings. The summed E-state index contributed by atoms with van der Waals surface area (Å²) < 4.78 is 9.62. The summed E-state index contributed by atoms with van der Waals surface area (Å²) >= 11 is 1.39. The molecule has 182 valence electrons. The summed E-state index contributed by atoms with van der Waals surface area (Å²) in [5.74, 6) is 1.79. The molecule has 2 heterocycles. The van der Waals surface area contributed by atoms with Crippen LogP contribution in [0.15, 0.2) is 77.7 Å². The lowest BCUT2D eigenvalue weighted by molar-refractivity contribution is 0.102. The van der Waals surface area contributed by atoms with Crippen molar-refractivity contribution in [3.05, 3.63) is 89.5 Å². The lowest BCUT2D eigenvalue weighted by atomic mass is 9.94. The fourth-order valence-corrected chi connectivity index (χ4v) is 4.89. The van der Waals surface area contributed by atoms with Crippen LogP contribution >= 0.6 is 11.9 Å². The Balaban J connectivity index is 1.68. The van der Waals surface area contributed by atoms with Gasteiger partial charge in [-0.15, -0.1) is 0 Å². The number of amides is 1. The summed E-state index contributed by atoms with van der Waals surface area (Å²) in [6.07, 6.45) is 1.64. The maximum absolute atomic E-state index is 12.9. The maximum atomic E-state index is 12.9. The SMILES string of the molecule is CCc1c2nc(nc1-c1ccccc1CC(C)C)NSc1cccc(c1)NC(=O)c1cccc(c1)O2. The molecule has 1 aliphatic heterocycles. The minimum atomic E-state index is -0.199. The molecule has 5 rings (SSSR count). The predicted octanol–water partition coefficient (Wildman–Crippen LogP) is 7.38. The summed E-state index contributed by atoms with van der Waals surface area (Å²) in [6, 6.07) is 23.2. The molecule has 7 heteroatoms. The van der Waals surface area contributed by atoms with Crippen molar-refractivity contribution in [2.45, 2.75) is 38.5 Å². The van der Waals surface area contributed by atoms with Crippen LogP contribution in [-0.4, -0.2) is 15.9 Å². The highest BCUT2D eigenvalue weighted by Crippen LogP contribution is 2.36. The maximum Gasteiger partial charge on any atom is 0.255 e. The van der Waals surface area contributed by atoms with Gasteiger partial charge in [0, 0.05) is 27.3 Å². The van der Waals surface area contributed by atoms with Gasteiger partial charge in [0.1, 0.15) is 5.75 Å². The van der Waals surface area contributed by atoms with E-state index in [1.165, 1.54) is 17.5 Å². The van der Waals surface area contributed by atoms with Gasteiger partial charge in [-0.25, -0.2) is 4.98 Å². The highest BCUT2D eigenvalue weighted by Gasteiger charge is 2.20. The second-order valence-electron chi connectivity index (χ2n) is 9.10. The number of ether oxygens (including phenoxy) is 1. The van der Waals surface area contributed by atoms with Gasteiger partial charge >= 0.3 is 0 Å². The molecule has 1 amide bonds. The first kappa shape index (κ1) is 23.9. The summed E-state index contributed by atoms with van der Waals surface area (Å²) in [5, 5.41) is 2.96. The van der Waals surface area contributed by atoms with E-state index in [2.05, 4.69) is 49.0 Å². The topological polar surface area (TPSA) is 76.1 Å². The average molecular weight is 497 g/mol. The number of hydrogen-bond acceptors (Lipinski definition) is 6. The number of carbonyl (C=O) groups is 1. The van der Waals surface area contributed by atoms with Gasteiger partial charge in [0.05, 0.1) is 5.69 Å². The molecular weight excluding hydrogens is 468 g/mol. The largest absolute Gasteiger partial charge is 0.439 e. The number of aromatic nitrogens is 2. The third kappa shape index (κ3) is 5.21. The number of benzene rings is 3. The summed E-state index contributed by atoms with van der Waals surface area (Å²) in [5.41, 5.74) is 5.32. The highest BCUT2D eigenvalue weighted by molar-refractivity contribution is 8.00. The molecule has 0 spiro atoms. The van der Waals surface area contributed by atoms with Crippen molar-refractivity contribution in [1.82, 2.24) is 9.97 Å². The molecule has 2 N–H and O–H groups in total. The lowest BCUT2D eigenvalue weighted by Gasteiger charge is -2.18. The molecule has 3 aromatic carbocycles. The van der Waals surface area contributed by atoms with E-state index in [0.29, 0.717) is 41.2 Å². The van der Waals surface area contributed by atoms with Gasteiger partial charge in [0.25, 0.3) is 5.91 Å². The van der Waals surface area contributed by atoms with Gasteiger partial charge in [-0.3, -0.25) is 9.52 Å². The summed E-state index contributed by atoms with van der Waals surface area (Å²) in [4.78, 5) is 23.6. The molecule has 0 aliphatic carbocycles. The minimum absolute atomic E-state index is 0.199. The van der Waals surface area contributed by atoms with Crippen molar-refractivity contribution in [1.29, 1.82) is 0 Å². The van der Waals surface area contributed by atoms with Crippen molar-refractivity contribution in [3.63, 3.8) is 0 Å². The van der Waals surface area contributed by atoms with E-state index in [0.717, 1.165) is 28.1 Å². The van der Waals surface area contributed by atoms with E-state index in [4.69, 9.17) is 14.7 Å². The third-order valence-electron chi connectivity index (χ3n) is 5.89. The van der Waals surface area contributed by atoms with E-state index in [-0.39, 0.29) is 5.91 Å². The Morgan fingerprint density at radius 2 is 1.81 bits per heavy atom. The molecule has 6 bridgehead atoms. The smallest absolute Gasteiger partial charge is 0.255 e. The van der Waals surface area contributed by atoms with Crippen LogP contribution in [0.25, 0.3) is 11.3 Å². The van der Waals surface area contributed by atoms with Crippen molar-refractivity contribution in [2.75, 3.05) is 10.0 Å². The summed E-state index contributed by atoms with van der Waals surface area (Å²) in [7, 11) is 0. The molecular formula is C29H28N4O2S. The van der Waals surface area contributed by atoms with Crippen molar-refractivity contribution in [3.8, 4) is 22.9 Å². The predicted molar refractivity (Wildman–Crippen MR) is 146 cm³/mol. The van der Waals surface area contributed by atoms with E-state index in [1.54, 1.807) is 12.1 Å². The number of rotatable bonds is 4. The van der Waals surface area contributed by atoms with Gasteiger partial charge in [0.2, 0.25) is 11.8 Å². The van der Waals surface area contributed by atoms with Crippen LogP contribution in [0.5, 0.6) is 11.6 Å². The van der Waals surface area contributed by atoms with E-state index < -0.39 is 0 Å². The normalized spacial score (nSPS) is 12.8. The number of carbonyl (C=O) groups excluding carboxylic acids is 1. The number of nitrogens with one attached hydrogen (secondary N) is 2. The highest BCUT2D eigenvalue weighted by atomic mass is 32.2. The number of nitrogens with zero attached hydrogens (tertiary/aromatic N) is 2. The van der Waals surface area contributed by atoms with Crippen LogP contribution in [0, 0.1) is 5.92 Å². The molecule has 36 heavy (non-hydrogen) atoms. The lowest BCUT2D eigenvalue weighted by Crippen LogP contribution is -2.12. The van der Waals surface area contributed by atoms with Crippen LogP contribution < -0.4 is 14.8 Å². The van der Waals surface area contributed by atoms with Gasteiger partial charge in [-0.2, -0.15) is 4.98 Å². The molecule has 4 aromatic rings. The molecule has 0 saturated heterocycles. The zero-order valence-electron chi connectivity index (χ0n) is 20.5. The Morgan fingerprint density at radius 1 is 0.972 bits per heavy atom. The average Bonchev–Trinajstić information content (AvgIpc) is 2.87. The van der Waals surface area contributed by atoms with Crippen LogP contribution in [0.2, 0.25) is 0 Å². The first-order valence-corrected chi connectivity index (χ1v) is 12.9. The number of fused-ring (bicyclic) bond motifs is 6. The van der Waals surface area contributed by atoms with Crippen LogP contribution in [0.1, 0.15) is 42.3 Å². The second kappa shape index (κ2) is 10.4. The van der Waals surface area contributed by atoms with Crippen LogP contribution in [0.3, 0.4) is 0 Å². The van der Waals surface area contributed by atoms with Gasteiger partial charge in [0.15, 0.2) is 0 Å². The van der Waals surface area contributed by atoms with Crippen LogP contribution in [0.4, 0.5) is 11.6 Å². The second-order valence-corrected chi connectivity index (χ2v) is 9.98. The van der Waals surface area contributed by atoms with E-state index in [1.807, 2.05) is 42.5 Å². The van der Waals surface area contributed by atoms with Gasteiger partial charge < -0.3 is 10.1 Å². The number of hydrogen-bond donors (Lipinski definition) is 2. The van der Waals surface area contributed by atoms with Crippen molar-refractivity contribution < 1.29 is 9.53 Å². The minimum Gasteiger partial charge on any atom is -0.439 e. The molecule has 1 aromatic heterocycles. The molecule has 0 unspecified atom stereocenters. The van der Waals surface area contributed by atoms with E-state index in [9.17, 15) is 4.79 Å². The third-order valence-corrected chi connectivity index (χ3v) is 6.66. The summed E-state index contributed by atoms with van der Waals surface area (Å²) in [6.45, 7) is 6.52. The Morgan fingerprint density at radius 3 is 2.64 bits per heavy atom. The Hall–Kier alpha value is -3.84. The Bertz CT molecular complexity index is 1420. The number of anilines is 2. The molecule has 6 nitrogen and oxygen atoms in total. The molecule has 0 fully saturated rings. The zero-order chi connectivity index (χ0) is 25.1. The fraction of sp³-hybridized carbons (Fsp3) is 0.207. The van der Waals surface area contributed by atoms with Crippen LogP contribution in [-0.2, 0) is 12.8 Å². The first-order valence-electron chi connectivity index (χ1n) is 12.1. The van der Waals surface area contributed by atoms with Gasteiger partial charge in [-0.05, 0) is 72.7 Å². The molecule has 0 saturated carbocycles. The van der Waals surface area contributed by atoms with E-state index >= 15 is 0 Å². The fourth-order valence-electron chi connectivity index (χ4n) is 4.26. The standard InChI is InChI=1S/C29H28N4O2S/c1-4-24-26(25-14-6-5-9-19(25)15-18(2)3)31-29-32-28(24)35-22-12-7-10-20(16-22)27(34)30-21-11-8-13-23(17-21)36-33-29/h5-14,16-18H,4,15H2,1-3H3,(H,30,34)(H,31,32,33). The molecule has 0 radical (unpaired) electrons. The van der Waals surface area contributed by atoms with Crippen molar-refractivity contribution >= 4 is 29.5 Å². The Labute approximate surface area is 215 Å². The quantitative estimate of drug-likeness (QED) is 0.287. The Kier molecular flexibility index (Phi) is 6.91. The zero-order valence-corrected chi connectivity index (χ0v) is 21.4. The first-order chi connectivity index (χ1) is 17.5.